The molecule has 70 valence electrons. The highest BCUT2D eigenvalue weighted by molar-refractivity contribution is 4.83. The minimum absolute atomic E-state index is 0.101. The van der Waals surface area contributed by atoms with Gasteiger partial charge in [-0.05, 0) is 31.6 Å². The lowest BCUT2D eigenvalue weighted by atomic mass is 9.78. The molecule has 1 aliphatic rings. The molecule has 0 aromatic carbocycles. The molecule has 2 heteroatoms. The molecule has 12 heavy (non-hydrogen) atoms. The Kier molecular flexibility index (Phi) is 3.76. The summed E-state index contributed by atoms with van der Waals surface area (Å²) in [6, 6.07) is 0. The van der Waals surface area contributed by atoms with Gasteiger partial charge in [-0.2, -0.15) is 0 Å². The second-order valence-electron chi connectivity index (χ2n) is 3.71. The van der Waals surface area contributed by atoms with Crippen LogP contribution in [0.1, 0.15) is 25.7 Å². The predicted molar refractivity (Wildman–Crippen MR) is 48.7 cm³/mol. The molecule has 0 amide bonds. The Bertz CT molecular complexity index is 145. The van der Waals surface area contributed by atoms with Gasteiger partial charge in [0.1, 0.15) is 0 Å². The Morgan fingerprint density at radius 3 is 2.75 bits per heavy atom. The van der Waals surface area contributed by atoms with E-state index in [1.54, 1.807) is 0 Å². The highest BCUT2D eigenvalue weighted by Gasteiger charge is 2.27. The molecule has 1 fully saturated rings. The summed E-state index contributed by atoms with van der Waals surface area (Å²) in [5, 5.41) is 18.4. The van der Waals surface area contributed by atoms with E-state index in [1.165, 1.54) is 0 Å². The molecule has 0 bridgehead atoms. The number of allylic oxidation sites excluding steroid dienone is 1. The molecule has 2 nitrogen and oxygen atoms in total. The van der Waals surface area contributed by atoms with Gasteiger partial charge in [0.25, 0.3) is 0 Å². The third-order valence-electron chi connectivity index (χ3n) is 2.79. The topological polar surface area (TPSA) is 40.5 Å². The molecule has 0 aromatic heterocycles. The van der Waals surface area contributed by atoms with E-state index in [2.05, 4.69) is 6.58 Å². The van der Waals surface area contributed by atoms with Gasteiger partial charge in [-0.1, -0.05) is 6.08 Å². The third kappa shape index (κ3) is 2.32. The fourth-order valence-corrected chi connectivity index (χ4v) is 1.99. The van der Waals surface area contributed by atoms with Crippen molar-refractivity contribution < 1.29 is 10.2 Å². The molecule has 0 spiro atoms. The summed E-state index contributed by atoms with van der Waals surface area (Å²) in [5.41, 5.74) is 0. The molecule has 0 radical (unpaired) electrons. The Balaban J connectivity index is 2.38. The van der Waals surface area contributed by atoms with Crippen molar-refractivity contribution in [1.82, 2.24) is 0 Å². The first-order valence-corrected chi connectivity index (χ1v) is 4.67. The fraction of sp³-hybridized carbons (Fsp3) is 0.800. The van der Waals surface area contributed by atoms with Crippen LogP contribution in [0.2, 0.25) is 0 Å². The molecule has 2 N–H and O–H groups in total. The zero-order chi connectivity index (χ0) is 8.97. The fourth-order valence-electron chi connectivity index (χ4n) is 1.99. The smallest absolute Gasteiger partial charge is 0.0590 e. The first-order chi connectivity index (χ1) is 5.77. The van der Waals surface area contributed by atoms with Crippen LogP contribution in [0.15, 0.2) is 12.7 Å². The van der Waals surface area contributed by atoms with Crippen molar-refractivity contribution in [2.75, 3.05) is 6.61 Å². The maximum absolute atomic E-state index is 9.47. The summed E-state index contributed by atoms with van der Waals surface area (Å²) >= 11 is 0. The molecular weight excluding hydrogens is 152 g/mol. The molecular formula is C10H18O2. The first-order valence-electron chi connectivity index (χ1n) is 4.67. The lowest BCUT2D eigenvalue weighted by Gasteiger charge is -2.31. The van der Waals surface area contributed by atoms with Crippen LogP contribution in [0, 0.1) is 11.8 Å². The maximum atomic E-state index is 9.47. The number of hydrogen-bond acceptors (Lipinski definition) is 2. The van der Waals surface area contributed by atoms with Gasteiger partial charge in [-0.25, -0.2) is 0 Å². The van der Waals surface area contributed by atoms with Crippen LogP contribution in [-0.4, -0.2) is 22.9 Å². The third-order valence-corrected chi connectivity index (χ3v) is 2.79. The van der Waals surface area contributed by atoms with E-state index < -0.39 is 0 Å². The summed E-state index contributed by atoms with van der Waals surface area (Å²) in [6.45, 7) is 3.82. The van der Waals surface area contributed by atoms with Gasteiger partial charge in [0.15, 0.2) is 0 Å². The van der Waals surface area contributed by atoms with Crippen LogP contribution in [-0.2, 0) is 0 Å². The average Bonchev–Trinajstić information content (AvgIpc) is 2.09. The van der Waals surface area contributed by atoms with Crippen LogP contribution in [0.4, 0.5) is 0 Å². The standard InChI is InChI=1S/C10H18O2/c1-2-3-8-4-5-10(12)9(6-8)7-11/h2,8-12H,1,3-7H2. The van der Waals surface area contributed by atoms with Crippen LogP contribution in [0.25, 0.3) is 0 Å². The molecule has 3 unspecified atom stereocenters. The molecule has 0 aliphatic heterocycles. The minimum atomic E-state index is -0.281. The van der Waals surface area contributed by atoms with Crippen molar-refractivity contribution in [2.45, 2.75) is 31.8 Å². The second-order valence-corrected chi connectivity index (χ2v) is 3.71. The van der Waals surface area contributed by atoms with E-state index in [1.807, 2.05) is 6.08 Å². The van der Waals surface area contributed by atoms with Crippen molar-refractivity contribution in [3.8, 4) is 0 Å². The van der Waals surface area contributed by atoms with Crippen LogP contribution in [0.3, 0.4) is 0 Å². The van der Waals surface area contributed by atoms with Crippen molar-refractivity contribution in [3.63, 3.8) is 0 Å². The monoisotopic (exact) mass is 170 g/mol. The average molecular weight is 170 g/mol. The zero-order valence-electron chi connectivity index (χ0n) is 7.45. The molecule has 0 heterocycles. The lowest BCUT2D eigenvalue weighted by Crippen LogP contribution is -2.31. The van der Waals surface area contributed by atoms with E-state index in [-0.39, 0.29) is 18.6 Å². The number of aliphatic hydroxyl groups is 2. The maximum Gasteiger partial charge on any atom is 0.0590 e. The first kappa shape index (κ1) is 9.75. The van der Waals surface area contributed by atoms with E-state index in [0.717, 1.165) is 25.7 Å². The Morgan fingerprint density at radius 2 is 2.17 bits per heavy atom. The van der Waals surface area contributed by atoms with Crippen LogP contribution < -0.4 is 0 Å². The molecule has 1 saturated carbocycles. The summed E-state index contributed by atoms with van der Waals surface area (Å²) in [6.07, 6.45) is 5.52. The minimum Gasteiger partial charge on any atom is -0.396 e. The Labute approximate surface area is 73.9 Å². The van der Waals surface area contributed by atoms with Gasteiger partial charge in [0, 0.05) is 12.5 Å². The summed E-state index contributed by atoms with van der Waals surface area (Å²) in [7, 11) is 0. The number of aliphatic hydroxyl groups excluding tert-OH is 2. The Hall–Kier alpha value is -0.340. The number of rotatable bonds is 3. The second kappa shape index (κ2) is 4.63. The molecule has 0 aromatic rings. The largest absolute Gasteiger partial charge is 0.396 e. The summed E-state index contributed by atoms with van der Waals surface area (Å²) < 4.78 is 0. The molecule has 0 saturated heterocycles. The van der Waals surface area contributed by atoms with Gasteiger partial charge < -0.3 is 10.2 Å². The molecule has 1 aliphatic carbocycles. The highest BCUT2D eigenvalue weighted by Crippen LogP contribution is 2.31. The summed E-state index contributed by atoms with van der Waals surface area (Å²) in [4.78, 5) is 0. The molecule has 3 atom stereocenters. The molecule has 1 rings (SSSR count). The van der Waals surface area contributed by atoms with Crippen LogP contribution in [0.5, 0.6) is 0 Å². The summed E-state index contributed by atoms with van der Waals surface area (Å²) in [5.74, 6) is 0.728. The zero-order valence-corrected chi connectivity index (χ0v) is 7.45. The SMILES string of the molecule is C=CCC1CCC(O)C(CO)C1. The van der Waals surface area contributed by atoms with Gasteiger partial charge >= 0.3 is 0 Å². The van der Waals surface area contributed by atoms with Gasteiger partial charge in [0.05, 0.1) is 6.10 Å². The van der Waals surface area contributed by atoms with Crippen molar-refractivity contribution >= 4 is 0 Å². The predicted octanol–water partition coefficient (Wildman–Crippen LogP) is 1.33. The van der Waals surface area contributed by atoms with Crippen LogP contribution >= 0.6 is 0 Å². The van der Waals surface area contributed by atoms with E-state index in [4.69, 9.17) is 5.11 Å². The number of hydrogen-bond donors (Lipinski definition) is 2. The van der Waals surface area contributed by atoms with Crippen molar-refractivity contribution in [1.29, 1.82) is 0 Å². The van der Waals surface area contributed by atoms with Gasteiger partial charge in [-0.15, -0.1) is 6.58 Å². The van der Waals surface area contributed by atoms with E-state index >= 15 is 0 Å². The van der Waals surface area contributed by atoms with E-state index in [0.29, 0.717) is 5.92 Å². The van der Waals surface area contributed by atoms with Crippen molar-refractivity contribution in [3.05, 3.63) is 12.7 Å². The van der Waals surface area contributed by atoms with Gasteiger partial charge in [0.2, 0.25) is 0 Å². The lowest BCUT2D eigenvalue weighted by molar-refractivity contribution is 0.0178. The highest BCUT2D eigenvalue weighted by atomic mass is 16.3. The quantitative estimate of drug-likeness (QED) is 0.627. The van der Waals surface area contributed by atoms with E-state index in [9.17, 15) is 5.11 Å². The Morgan fingerprint density at radius 1 is 1.42 bits per heavy atom. The normalized spacial score (nSPS) is 36.3. The van der Waals surface area contributed by atoms with Crippen molar-refractivity contribution in [2.24, 2.45) is 11.8 Å². The van der Waals surface area contributed by atoms with Gasteiger partial charge in [-0.3, -0.25) is 0 Å².